The molecule has 0 spiro atoms. The molecule has 2 rings (SSSR count). The van der Waals surface area contributed by atoms with Crippen molar-refractivity contribution in [3.63, 3.8) is 0 Å². The monoisotopic (exact) mass is 217 g/mol. The first kappa shape index (κ1) is 11.7. The second kappa shape index (κ2) is 5.49. The van der Waals surface area contributed by atoms with E-state index in [-0.39, 0.29) is 0 Å². The Bertz CT molecular complexity index is 306. The minimum atomic E-state index is 0.838. The Morgan fingerprint density at radius 3 is 2.69 bits per heavy atom. The first-order chi connectivity index (χ1) is 7.81. The minimum absolute atomic E-state index is 0.838. The van der Waals surface area contributed by atoms with Crippen LogP contribution in [-0.2, 0) is 0 Å². The van der Waals surface area contributed by atoms with Crippen LogP contribution in [0.4, 0.5) is 0 Å². The van der Waals surface area contributed by atoms with E-state index in [9.17, 15) is 0 Å². The number of rotatable bonds is 6. The third-order valence-corrected chi connectivity index (χ3v) is 3.59. The van der Waals surface area contributed by atoms with Crippen molar-refractivity contribution in [2.24, 2.45) is 5.92 Å². The van der Waals surface area contributed by atoms with Crippen molar-refractivity contribution in [1.82, 2.24) is 4.90 Å². The van der Waals surface area contributed by atoms with E-state index < -0.39 is 0 Å². The molecule has 1 aliphatic rings. The summed E-state index contributed by atoms with van der Waals surface area (Å²) in [7, 11) is 2.26. The second-order valence-corrected chi connectivity index (χ2v) is 5.13. The van der Waals surface area contributed by atoms with Gasteiger partial charge in [-0.1, -0.05) is 43.7 Å². The lowest BCUT2D eigenvalue weighted by molar-refractivity contribution is 0.312. The molecule has 1 aromatic rings. The van der Waals surface area contributed by atoms with Crippen molar-refractivity contribution >= 4 is 0 Å². The van der Waals surface area contributed by atoms with Crippen molar-refractivity contribution in [2.45, 2.75) is 32.1 Å². The van der Waals surface area contributed by atoms with E-state index in [0.717, 1.165) is 11.8 Å². The van der Waals surface area contributed by atoms with E-state index in [1.54, 1.807) is 0 Å². The summed E-state index contributed by atoms with van der Waals surface area (Å²) in [6.07, 6.45) is 4.02. The van der Waals surface area contributed by atoms with Gasteiger partial charge >= 0.3 is 0 Å². The van der Waals surface area contributed by atoms with Gasteiger partial charge < -0.3 is 4.90 Å². The van der Waals surface area contributed by atoms with Gasteiger partial charge in [-0.3, -0.25) is 0 Å². The number of unbranched alkanes of at least 4 members (excludes halogenated alkanes) is 1. The van der Waals surface area contributed by atoms with E-state index in [1.165, 1.54) is 37.9 Å². The van der Waals surface area contributed by atoms with Gasteiger partial charge in [0.15, 0.2) is 0 Å². The summed E-state index contributed by atoms with van der Waals surface area (Å²) in [4.78, 5) is 2.50. The molecule has 0 aromatic heterocycles. The van der Waals surface area contributed by atoms with Gasteiger partial charge in [0.2, 0.25) is 0 Å². The summed E-state index contributed by atoms with van der Waals surface area (Å²) >= 11 is 0. The molecule has 0 heterocycles. The molecule has 0 saturated heterocycles. The van der Waals surface area contributed by atoms with Gasteiger partial charge in [-0.2, -0.15) is 0 Å². The lowest BCUT2D eigenvalue weighted by atomic mass is 10.1. The van der Waals surface area contributed by atoms with Crippen molar-refractivity contribution in [3.8, 4) is 0 Å². The van der Waals surface area contributed by atoms with Gasteiger partial charge in [0, 0.05) is 6.54 Å². The number of hydrogen-bond acceptors (Lipinski definition) is 1. The van der Waals surface area contributed by atoms with Gasteiger partial charge in [-0.15, -0.1) is 0 Å². The molecule has 0 unspecified atom stereocenters. The molecule has 0 amide bonds. The molecule has 1 heteroatoms. The Labute approximate surface area is 99.5 Å². The predicted molar refractivity (Wildman–Crippen MR) is 69.7 cm³/mol. The van der Waals surface area contributed by atoms with Gasteiger partial charge in [0.25, 0.3) is 0 Å². The van der Waals surface area contributed by atoms with E-state index in [1.807, 2.05) is 0 Å². The van der Waals surface area contributed by atoms with Gasteiger partial charge in [0.05, 0.1) is 0 Å². The SMILES string of the molecule is CCCCN(C)C[C@@H]1C[C@H]1c1ccccc1. The molecule has 88 valence electrons. The number of hydrogen-bond donors (Lipinski definition) is 0. The Hall–Kier alpha value is -0.820. The molecule has 0 aliphatic heterocycles. The molecular formula is C15H23N. The smallest absolute Gasteiger partial charge is 0.00127 e. The van der Waals surface area contributed by atoms with Crippen molar-refractivity contribution in [1.29, 1.82) is 0 Å². The van der Waals surface area contributed by atoms with E-state index in [2.05, 4.69) is 49.2 Å². The second-order valence-electron chi connectivity index (χ2n) is 5.13. The molecule has 1 fully saturated rings. The van der Waals surface area contributed by atoms with E-state index in [4.69, 9.17) is 0 Å². The van der Waals surface area contributed by atoms with Crippen LogP contribution in [0.3, 0.4) is 0 Å². The first-order valence-electron chi connectivity index (χ1n) is 6.54. The summed E-state index contributed by atoms with van der Waals surface area (Å²) in [5, 5.41) is 0. The fourth-order valence-corrected chi connectivity index (χ4v) is 2.48. The highest BCUT2D eigenvalue weighted by atomic mass is 15.1. The van der Waals surface area contributed by atoms with E-state index >= 15 is 0 Å². The van der Waals surface area contributed by atoms with Crippen molar-refractivity contribution in [3.05, 3.63) is 35.9 Å². The molecule has 1 nitrogen and oxygen atoms in total. The maximum atomic E-state index is 2.50. The maximum absolute atomic E-state index is 2.50. The highest BCUT2D eigenvalue weighted by molar-refractivity contribution is 5.25. The average molecular weight is 217 g/mol. The third kappa shape index (κ3) is 3.08. The first-order valence-corrected chi connectivity index (χ1v) is 6.54. The predicted octanol–water partition coefficient (Wildman–Crippen LogP) is 3.52. The van der Waals surface area contributed by atoms with Crippen LogP contribution in [0, 0.1) is 5.92 Å². The van der Waals surface area contributed by atoms with Crippen molar-refractivity contribution < 1.29 is 0 Å². The summed E-state index contributed by atoms with van der Waals surface area (Å²) in [6, 6.07) is 11.0. The normalized spacial score (nSPS) is 23.7. The van der Waals surface area contributed by atoms with Crippen LogP contribution in [-0.4, -0.2) is 25.0 Å². The lowest BCUT2D eigenvalue weighted by Crippen LogP contribution is -2.22. The molecule has 1 saturated carbocycles. The Morgan fingerprint density at radius 1 is 1.25 bits per heavy atom. The molecule has 1 aromatic carbocycles. The van der Waals surface area contributed by atoms with Gasteiger partial charge in [-0.05, 0) is 43.8 Å². The summed E-state index contributed by atoms with van der Waals surface area (Å²) in [5.74, 6) is 1.74. The van der Waals surface area contributed by atoms with Gasteiger partial charge in [-0.25, -0.2) is 0 Å². The number of nitrogens with zero attached hydrogens (tertiary/aromatic N) is 1. The Kier molecular flexibility index (Phi) is 4.00. The molecule has 2 atom stereocenters. The summed E-state index contributed by atoms with van der Waals surface area (Å²) in [5.41, 5.74) is 1.54. The Morgan fingerprint density at radius 2 is 2.00 bits per heavy atom. The maximum Gasteiger partial charge on any atom is 0.00127 e. The lowest BCUT2D eigenvalue weighted by Gasteiger charge is -2.15. The van der Waals surface area contributed by atoms with Crippen LogP contribution in [0.15, 0.2) is 30.3 Å². The standard InChI is InChI=1S/C15H23N/c1-3-4-10-16(2)12-14-11-15(14)13-8-6-5-7-9-13/h5-9,14-15H,3-4,10-12H2,1-2H3/t14-,15-/m0/s1. The number of benzene rings is 1. The van der Waals surface area contributed by atoms with E-state index in [0.29, 0.717) is 0 Å². The topological polar surface area (TPSA) is 3.24 Å². The zero-order valence-electron chi connectivity index (χ0n) is 10.5. The molecule has 0 N–H and O–H groups in total. The van der Waals surface area contributed by atoms with Crippen LogP contribution in [0.5, 0.6) is 0 Å². The third-order valence-electron chi connectivity index (χ3n) is 3.59. The van der Waals surface area contributed by atoms with Crippen LogP contribution < -0.4 is 0 Å². The van der Waals surface area contributed by atoms with Gasteiger partial charge in [0.1, 0.15) is 0 Å². The van der Waals surface area contributed by atoms with Crippen molar-refractivity contribution in [2.75, 3.05) is 20.1 Å². The largest absolute Gasteiger partial charge is 0.306 e. The van der Waals surface area contributed by atoms with Crippen LogP contribution in [0.2, 0.25) is 0 Å². The quantitative estimate of drug-likeness (QED) is 0.704. The zero-order valence-corrected chi connectivity index (χ0v) is 10.5. The van der Waals surface area contributed by atoms with Crippen LogP contribution in [0.1, 0.15) is 37.7 Å². The average Bonchev–Trinajstić information content (AvgIpc) is 3.07. The molecule has 0 radical (unpaired) electrons. The molecular weight excluding hydrogens is 194 g/mol. The fourth-order valence-electron chi connectivity index (χ4n) is 2.48. The molecule has 1 aliphatic carbocycles. The van der Waals surface area contributed by atoms with Crippen LogP contribution in [0.25, 0.3) is 0 Å². The minimum Gasteiger partial charge on any atom is -0.306 e. The summed E-state index contributed by atoms with van der Waals surface area (Å²) < 4.78 is 0. The van der Waals surface area contributed by atoms with Crippen LogP contribution >= 0.6 is 0 Å². The highest BCUT2D eigenvalue weighted by Crippen LogP contribution is 2.47. The highest BCUT2D eigenvalue weighted by Gasteiger charge is 2.38. The molecule has 0 bridgehead atoms. The molecule has 16 heavy (non-hydrogen) atoms. The Balaban J connectivity index is 1.75. The zero-order chi connectivity index (χ0) is 11.4. The summed E-state index contributed by atoms with van der Waals surface area (Å²) in [6.45, 7) is 4.80. The fraction of sp³-hybridized carbons (Fsp3) is 0.600.